The quantitative estimate of drug-likeness (QED) is 0.817. The highest BCUT2D eigenvalue weighted by Gasteiger charge is 2.39. The highest BCUT2D eigenvalue weighted by molar-refractivity contribution is 5.78. The van der Waals surface area contributed by atoms with Gasteiger partial charge >= 0.3 is 0 Å². The lowest BCUT2D eigenvalue weighted by atomic mass is 10.0. The highest BCUT2D eigenvalue weighted by Crippen LogP contribution is 2.36. The monoisotopic (exact) mass is 296 g/mol. The molecule has 2 aliphatic carbocycles. The van der Waals surface area contributed by atoms with Crippen molar-refractivity contribution in [2.24, 2.45) is 5.92 Å². The van der Waals surface area contributed by atoms with Gasteiger partial charge in [0.05, 0.1) is 31.4 Å². The number of carbonyl (C=O) groups excluding carboxylic acids is 1. The van der Waals surface area contributed by atoms with E-state index in [1.54, 1.807) is 0 Å². The van der Waals surface area contributed by atoms with Gasteiger partial charge in [0.25, 0.3) is 0 Å². The molecule has 0 bridgehead atoms. The van der Waals surface area contributed by atoms with Gasteiger partial charge in [0, 0.05) is 13.1 Å². The molecule has 0 aromatic carbocycles. The number of amides is 1. The number of rotatable bonds is 5. The molecular formula is C16H28N2O3. The number of nitrogens with zero attached hydrogens (tertiary/aromatic N) is 2. The van der Waals surface area contributed by atoms with Crippen LogP contribution in [0.4, 0.5) is 0 Å². The summed E-state index contributed by atoms with van der Waals surface area (Å²) in [6.07, 6.45) is 6.40. The van der Waals surface area contributed by atoms with E-state index in [0.29, 0.717) is 32.2 Å². The molecule has 1 unspecified atom stereocenters. The Morgan fingerprint density at radius 2 is 2.10 bits per heavy atom. The second kappa shape index (κ2) is 6.23. The second-order valence-electron chi connectivity index (χ2n) is 7.17. The van der Waals surface area contributed by atoms with Gasteiger partial charge in [-0.05, 0) is 38.6 Å². The molecule has 1 heterocycles. The first kappa shape index (κ1) is 15.3. The molecule has 0 spiro atoms. The normalized spacial score (nSPS) is 29.1. The largest absolute Gasteiger partial charge is 0.389 e. The Balaban J connectivity index is 1.52. The Hall–Kier alpha value is -0.650. The minimum Gasteiger partial charge on any atom is -0.389 e. The molecule has 3 rings (SSSR count). The third-order valence-electron chi connectivity index (χ3n) is 5.16. The molecule has 5 nitrogen and oxygen atoms in total. The van der Waals surface area contributed by atoms with E-state index in [2.05, 4.69) is 0 Å². The molecule has 1 amide bonds. The summed E-state index contributed by atoms with van der Waals surface area (Å²) >= 11 is 0. The summed E-state index contributed by atoms with van der Waals surface area (Å²) in [5.74, 6) is 0.845. The standard InChI is InChI=1S/C16H28N2O3/c1-17(12-16(20)6-2-3-7-16)10-15(19)18-8-9-21-11-14(18)13-4-5-13/h13-14,20H,2-12H2,1H3. The van der Waals surface area contributed by atoms with Crippen LogP contribution in [0.25, 0.3) is 0 Å². The highest BCUT2D eigenvalue weighted by atomic mass is 16.5. The van der Waals surface area contributed by atoms with Crippen LogP contribution in [0, 0.1) is 5.92 Å². The van der Waals surface area contributed by atoms with Gasteiger partial charge in [0.2, 0.25) is 5.91 Å². The lowest BCUT2D eigenvalue weighted by molar-refractivity contribution is -0.142. The third kappa shape index (κ3) is 3.76. The van der Waals surface area contributed by atoms with Gasteiger partial charge in [-0.15, -0.1) is 0 Å². The summed E-state index contributed by atoms with van der Waals surface area (Å²) < 4.78 is 5.54. The number of carbonyl (C=O) groups is 1. The fourth-order valence-electron chi connectivity index (χ4n) is 3.88. The van der Waals surface area contributed by atoms with Crippen LogP contribution in [0.1, 0.15) is 38.5 Å². The Morgan fingerprint density at radius 3 is 2.76 bits per heavy atom. The molecular weight excluding hydrogens is 268 g/mol. The average molecular weight is 296 g/mol. The Labute approximate surface area is 127 Å². The first-order valence-corrected chi connectivity index (χ1v) is 8.36. The van der Waals surface area contributed by atoms with Gasteiger partial charge in [-0.25, -0.2) is 0 Å². The zero-order valence-electron chi connectivity index (χ0n) is 13.1. The van der Waals surface area contributed by atoms with Crippen molar-refractivity contribution in [1.82, 2.24) is 9.80 Å². The van der Waals surface area contributed by atoms with Crippen molar-refractivity contribution < 1.29 is 14.6 Å². The number of aliphatic hydroxyl groups is 1. The fourth-order valence-corrected chi connectivity index (χ4v) is 3.88. The number of hydrogen-bond donors (Lipinski definition) is 1. The van der Waals surface area contributed by atoms with Crippen molar-refractivity contribution in [2.45, 2.75) is 50.2 Å². The molecule has 1 N–H and O–H groups in total. The molecule has 3 fully saturated rings. The zero-order valence-corrected chi connectivity index (χ0v) is 13.1. The molecule has 120 valence electrons. The molecule has 1 atom stereocenters. The van der Waals surface area contributed by atoms with E-state index in [4.69, 9.17) is 4.74 Å². The van der Waals surface area contributed by atoms with E-state index in [0.717, 1.165) is 32.2 Å². The van der Waals surface area contributed by atoms with Crippen molar-refractivity contribution in [3.8, 4) is 0 Å². The SMILES string of the molecule is CN(CC(=O)N1CCOCC1C1CC1)CC1(O)CCCC1. The molecule has 2 saturated carbocycles. The van der Waals surface area contributed by atoms with Crippen LogP contribution in [-0.4, -0.2) is 72.4 Å². The predicted octanol–water partition coefficient (Wildman–Crippen LogP) is 0.861. The summed E-state index contributed by atoms with van der Waals surface area (Å²) in [6.45, 7) is 3.09. The number of morpholine rings is 1. The lowest BCUT2D eigenvalue weighted by Gasteiger charge is -2.37. The molecule has 5 heteroatoms. The number of hydrogen-bond acceptors (Lipinski definition) is 4. The molecule has 0 radical (unpaired) electrons. The minimum absolute atomic E-state index is 0.194. The summed E-state index contributed by atoms with van der Waals surface area (Å²) in [5, 5.41) is 10.4. The van der Waals surface area contributed by atoms with Crippen LogP contribution < -0.4 is 0 Å². The van der Waals surface area contributed by atoms with Gasteiger partial charge in [0.1, 0.15) is 0 Å². The van der Waals surface area contributed by atoms with Crippen LogP contribution in [0.15, 0.2) is 0 Å². The van der Waals surface area contributed by atoms with E-state index in [1.165, 1.54) is 12.8 Å². The van der Waals surface area contributed by atoms with Crippen LogP contribution in [-0.2, 0) is 9.53 Å². The van der Waals surface area contributed by atoms with Gasteiger partial charge in [0.15, 0.2) is 0 Å². The lowest BCUT2D eigenvalue weighted by Crippen LogP contribution is -2.53. The van der Waals surface area contributed by atoms with E-state index < -0.39 is 5.60 Å². The number of ether oxygens (including phenoxy) is 1. The van der Waals surface area contributed by atoms with Crippen molar-refractivity contribution in [3.63, 3.8) is 0 Å². The topological polar surface area (TPSA) is 53.0 Å². The second-order valence-corrected chi connectivity index (χ2v) is 7.17. The summed E-state index contributed by atoms with van der Waals surface area (Å²) in [5.41, 5.74) is -0.573. The summed E-state index contributed by atoms with van der Waals surface area (Å²) in [6, 6.07) is 0.286. The number of likely N-dealkylation sites (N-methyl/N-ethyl adjacent to an activating group) is 1. The van der Waals surface area contributed by atoms with E-state index in [1.807, 2.05) is 16.8 Å². The van der Waals surface area contributed by atoms with E-state index in [-0.39, 0.29) is 11.9 Å². The van der Waals surface area contributed by atoms with Crippen molar-refractivity contribution in [1.29, 1.82) is 0 Å². The predicted molar refractivity (Wildman–Crippen MR) is 80.0 cm³/mol. The van der Waals surface area contributed by atoms with E-state index in [9.17, 15) is 9.90 Å². The maximum absolute atomic E-state index is 12.6. The Kier molecular flexibility index (Phi) is 4.52. The smallest absolute Gasteiger partial charge is 0.237 e. The molecule has 1 aliphatic heterocycles. The minimum atomic E-state index is -0.573. The van der Waals surface area contributed by atoms with E-state index >= 15 is 0 Å². The van der Waals surface area contributed by atoms with Crippen molar-refractivity contribution in [3.05, 3.63) is 0 Å². The Morgan fingerprint density at radius 1 is 1.38 bits per heavy atom. The first-order valence-electron chi connectivity index (χ1n) is 8.36. The van der Waals surface area contributed by atoms with Crippen LogP contribution >= 0.6 is 0 Å². The maximum Gasteiger partial charge on any atom is 0.237 e. The molecule has 0 aromatic rings. The van der Waals surface area contributed by atoms with Crippen LogP contribution in [0.3, 0.4) is 0 Å². The Bertz CT molecular complexity index is 378. The molecule has 3 aliphatic rings. The summed E-state index contributed by atoms with van der Waals surface area (Å²) in [7, 11) is 1.95. The van der Waals surface area contributed by atoms with Gasteiger partial charge < -0.3 is 14.7 Å². The van der Waals surface area contributed by atoms with Gasteiger partial charge in [-0.1, -0.05) is 12.8 Å². The zero-order chi connectivity index (χ0) is 14.9. The first-order chi connectivity index (χ1) is 10.1. The fraction of sp³-hybridized carbons (Fsp3) is 0.938. The van der Waals surface area contributed by atoms with Crippen LogP contribution in [0.5, 0.6) is 0 Å². The molecule has 1 saturated heterocycles. The van der Waals surface area contributed by atoms with Crippen molar-refractivity contribution in [2.75, 3.05) is 39.9 Å². The van der Waals surface area contributed by atoms with Crippen LogP contribution in [0.2, 0.25) is 0 Å². The maximum atomic E-state index is 12.6. The average Bonchev–Trinajstić information content (AvgIpc) is 3.21. The third-order valence-corrected chi connectivity index (χ3v) is 5.16. The molecule has 0 aromatic heterocycles. The summed E-state index contributed by atoms with van der Waals surface area (Å²) in [4.78, 5) is 16.6. The van der Waals surface area contributed by atoms with Gasteiger partial charge in [-0.3, -0.25) is 9.69 Å². The molecule has 21 heavy (non-hydrogen) atoms. The van der Waals surface area contributed by atoms with Gasteiger partial charge in [-0.2, -0.15) is 0 Å². The van der Waals surface area contributed by atoms with Crippen molar-refractivity contribution >= 4 is 5.91 Å².